The molecule has 1 amide bonds. The van der Waals surface area contributed by atoms with Crippen molar-refractivity contribution in [3.63, 3.8) is 0 Å². The summed E-state index contributed by atoms with van der Waals surface area (Å²) in [5.41, 5.74) is 0.0704. The third-order valence-corrected chi connectivity index (χ3v) is 6.25. The van der Waals surface area contributed by atoms with E-state index in [1.54, 1.807) is 13.0 Å². The van der Waals surface area contributed by atoms with Crippen LogP contribution in [0.4, 0.5) is 30.8 Å². The fraction of sp³-hybridized carbons (Fsp3) is 0.545. The van der Waals surface area contributed by atoms with Gasteiger partial charge in [-0.15, -0.1) is 0 Å². The quantitative estimate of drug-likeness (QED) is 0.750. The van der Waals surface area contributed by atoms with Gasteiger partial charge in [0.2, 0.25) is 11.9 Å². The molecule has 2 aliphatic rings. The molecular formula is C22H27F3N6O. The normalized spacial score (nSPS) is 20.0. The lowest BCUT2D eigenvalue weighted by molar-refractivity contribution is -0.137. The van der Waals surface area contributed by atoms with Gasteiger partial charge in [0.1, 0.15) is 11.6 Å². The number of hydrogen-bond acceptors (Lipinski definition) is 6. The minimum atomic E-state index is -4.45. The van der Waals surface area contributed by atoms with Gasteiger partial charge in [0.05, 0.1) is 11.3 Å². The molecule has 0 bridgehead atoms. The summed E-state index contributed by atoms with van der Waals surface area (Å²) >= 11 is 0. The van der Waals surface area contributed by atoms with Crippen LogP contribution in [0.25, 0.3) is 0 Å². The third kappa shape index (κ3) is 4.94. The predicted octanol–water partition coefficient (Wildman–Crippen LogP) is 4.35. The molecule has 2 aromatic heterocycles. The maximum Gasteiger partial charge on any atom is 0.416 e. The fourth-order valence-electron chi connectivity index (χ4n) is 4.38. The number of piperidine rings is 1. The summed E-state index contributed by atoms with van der Waals surface area (Å²) in [5.74, 6) is 1.30. The summed E-state index contributed by atoms with van der Waals surface area (Å²) in [4.78, 5) is 29.1. The maximum atomic E-state index is 13.1. The largest absolute Gasteiger partial charge is 0.416 e. The van der Waals surface area contributed by atoms with Crippen LogP contribution in [0, 0.1) is 0 Å². The van der Waals surface area contributed by atoms with Crippen LogP contribution in [-0.4, -0.2) is 51.4 Å². The Labute approximate surface area is 185 Å². The highest BCUT2D eigenvalue weighted by Gasteiger charge is 2.31. The van der Waals surface area contributed by atoms with Gasteiger partial charge in [-0.1, -0.05) is 0 Å². The molecule has 2 aromatic rings. The first-order valence-corrected chi connectivity index (χ1v) is 10.9. The Morgan fingerprint density at radius 1 is 1.09 bits per heavy atom. The van der Waals surface area contributed by atoms with Gasteiger partial charge >= 0.3 is 6.18 Å². The highest BCUT2D eigenvalue weighted by atomic mass is 19.4. The van der Waals surface area contributed by atoms with Crippen LogP contribution in [-0.2, 0) is 11.0 Å². The average Bonchev–Trinajstić information content (AvgIpc) is 3.19. The molecule has 4 heterocycles. The van der Waals surface area contributed by atoms with Crippen molar-refractivity contribution in [2.45, 2.75) is 57.7 Å². The number of likely N-dealkylation sites (tertiary alicyclic amines) is 1. The van der Waals surface area contributed by atoms with Gasteiger partial charge in [-0.25, -0.2) is 9.97 Å². The van der Waals surface area contributed by atoms with Gasteiger partial charge in [0.25, 0.3) is 0 Å². The number of carbonyl (C=O) groups excluding carboxylic acids is 1. The highest BCUT2D eigenvalue weighted by Crippen LogP contribution is 2.33. The SMILES string of the molecule is CC(=O)N1CCC(c2cc(Nc3cc(C(F)(F)F)ccn3)nc(N3CCCC3C)n2)CC1. The van der Waals surface area contributed by atoms with E-state index in [0.29, 0.717) is 30.9 Å². The van der Waals surface area contributed by atoms with E-state index in [1.165, 1.54) is 0 Å². The maximum absolute atomic E-state index is 13.1. The molecule has 1 atom stereocenters. The van der Waals surface area contributed by atoms with E-state index in [2.05, 4.69) is 27.1 Å². The zero-order valence-corrected chi connectivity index (χ0v) is 18.2. The zero-order valence-electron chi connectivity index (χ0n) is 18.2. The Hall–Kier alpha value is -2.91. The van der Waals surface area contributed by atoms with Gasteiger partial charge in [0, 0.05) is 50.8 Å². The first-order valence-electron chi connectivity index (χ1n) is 10.9. The van der Waals surface area contributed by atoms with E-state index in [9.17, 15) is 18.0 Å². The van der Waals surface area contributed by atoms with Crippen molar-refractivity contribution < 1.29 is 18.0 Å². The lowest BCUT2D eigenvalue weighted by atomic mass is 9.93. The van der Waals surface area contributed by atoms with Crippen LogP contribution < -0.4 is 10.2 Å². The molecule has 32 heavy (non-hydrogen) atoms. The van der Waals surface area contributed by atoms with Crippen molar-refractivity contribution in [3.05, 3.63) is 35.7 Å². The van der Waals surface area contributed by atoms with Crippen molar-refractivity contribution in [2.75, 3.05) is 29.9 Å². The second-order valence-corrected chi connectivity index (χ2v) is 8.50. The Bertz CT molecular complexity index is 974. The first kappa shape index (κ1) is 22.3. The van der Waals surface area contributed by atoms with E-state index in [1.807, 2.05) is 4.90 Å². The third-order valence-electron chi connectivity index (χ3n) is 6.25. The van der Waals surface area contributed by atoms with Crippen LogP contribution in [0.15, 0.2) is 24.4 Å². The molecule has 0 radical (unpaired) electrons. The van der Waals surface area contributed by atoms with Crippen LogP contribution in [0.2, 0.25) is 0 Å². The molecule has 1 N–H and O–H groups in total. The number of nitrogens with one attached hydrogen (secondary N) is 1. The summed E-state index contributed by atoms with van der Waals surface area (Å²) < 4.78 is 39.3. The number of nitrogens with zero attached hydrogens (tertiary/aromatic N) is 5. The summed E-state index contributed by atoms with van der Waals surface area (Å²) in [5, 5.41) is 2.95. The van der Waals surface area contributed by atoms with Gasteiger partial charge < -0.3 is 15.1 Å². The summed E-state index contributed by atoms with van der Waals surface area (Å²) in [6, 6.07) is 4.01. The summed E-state index contributed by atoms with van der Waals surface area (Å²) in [6.45, 7) is 5.86. The molecule has 4 rings (SSSR count). The van der Waals surface area contributed by atoms with E-state index in [4.69, 9.17) is 4.98 Å². The smallest absolute Gasteiger partial charge is 0.343 e. The van der Waals surface area contributed by atoms with Crippen LogP contribution in [0.5, 0.6) is 0 Å². The number of aromatic nitrogens is 3. The van der Waals surface area contributed by atoms with Gasteiger partial charge in [0.15, 0.2) is 0 Å². The fourth-order valence-corrected chi connectivity index (χ4v) is 4.38. The lowest BCUT2D eigenvalue weighted by Crippen LogP contribution is -2.36. The number of carbonyl (C=O) groups is 1. The standard InChI is InChI=1S/C22H27F3N6O/c1-14-4-3-9-31(14)21-27-18(16-6-10-30(11-7-16)15(2)32)13-20(29-21)28-19-12-17(5-8-26-19)22(23,24)25/h5,8,12-14,16H,3-4,6-7,9-11H2,1-2H3,(H,26,27,28,29). The first-order chi connectivity index (χ1) is 15.2. The van der Waals surface area contributed by atoms with Crippen molar-refractivity contribution in [1.82, 2.24) is 19.9 Å². The van der Waals surface area contributed by atoms with E-state index in [-0.39, 0.29) is 17.6 Å². The van der Waals surface area contributed by atoms with Crippen molar-refractivity contribution in [1.29, 1.82) is 0 Å². The molecule has 2 aliphatic heterocycles. The summed E-state index contributed by atoms with van der Waals surface area (Å²) in [6.07, 6.45) is 0.344. The molecule has 2 fully saturated rings. The van der Waals surface area contributed by atoms with E-state index >= 15 is 0 Å². The number of rotatable bonds is 4. The molecule has 172 valence electrons. The molecule has 0 aromatic carbocycles. The second kappa shape index (κ2) is 8.91. The molecule has 0 spiro atoms. The van der Waals surface area contributed by atoms with Crippen molar-refractivity contribution in [3.8, 4) is 0 Å². The van der Waals surface area contributed by atoms with Crippen LogP contribution in [0.3, 0.4) is 0 Å². The van der Waals surface area contributed by atoms with Gasteiger partial charge in [-0.2, -0.15) is 18.2 Å². The lowest BCUT2D eigenvalue weighted by Gasteiger charge is -2.31. The Morgan fingerprint density at radius 3 is 2.47 bits per heavy atom. The number of alkyl halides is 3. The van der Waals surface area contributed by atoms with Crippen LogP contribution >= 0.6 is 0 Å². The zero-order chi connectivity index (χ0) is 22.9. The monoisotopic (exact) mass is 448 g/mol. The highest BCUT2D eigenvalue weighted by molar-refractivity contribution is 5.73. The van der Waals surface area contributed by atoms with E-state index in [0.717, 1.165) is 56.3 Å². The number of hydrogen-bond donors (Lipinski definition) is 1. The molecular weight excluding hydrogens is 421 g/mol. The van der Waals surface area contributed by atoms with E-state index < -0.39 is 11.7 Å². The number of amides is 1. The minimum Gasteiger partial charge on any atom is -0.343 e. The number of anilines is 3. The Balaban J connectivity index is 1.63. The number of halogens is 3. The van der Waals surface area contributed by atoms with Crippen molar-refractivity contribution in [2.24, 2.45) is 0 Å². The second-order valence-electron chi connectivity index (χ2n) is 8.50. The van der Waals surface area contributed by atoms with Crippen molar-refractivity contribution >= 4 is 23.5 Å². The molecule has 1 unspecified atom stereocenters. The van der Waals surface area contributed by atoms with Gasteiger partial charge in [-0.3, -0.25) is 4.79 Å². The molecule has 0 saturated carbocycles. The molecule has 10 heteroatoms. The molecule has 7 nitrogen and oxygen atoms in total. The average molecular weight is 448 g/mol. The number of pyridine rings is 1. The van der Waals surface area contributed by atoms with Crippen LogP contribution in [0.1, 0.15) is 56.7 Å². The molecule has 0 aliphatic carbocycles. The Kier molecular flexibility index (Phi) is 6.21. The summed E-state index contributed by atoms with van der Waals surface area (Å²) in [7, 11) is 0. The van der Waals surface area contributed by atoms with Gasteiger partial charge in [-0.05, 0) is 44.7 Å². The Morgan fingerprint density at radius 2 is 1.84 bits per heavy atom. The molecule has 2 saturated heterocycles. The predicted molar refractivity (Wildman–Crippen MR) is 115 cm³/mol. The topological polar surface area (TPSA) is 74.2 Å². The minimum absolute atomic E-state index is 0.0655.